The molecule has 0 saturated heterocycles. The Labute approximate surface area is 147 Å². The number of amides is 1. The van der Waals surface area contributed by atoms with Crippen molar-refractivity contribution < 1.29 is 14.3 Å². The zero-order valence-electron chi connectivity index (χ0n) is 14.2. The molecule has 1 N–H and O–H groups in total. The van der Waals surface area contributed by atoms with Gasteiger partial charge in [-0.2, -0.15) is 0 Å². The first-order chi connectivity index (χ1) is 10.8. The van der Waals surface area contributed by atoms with E-state index in [4.69, 9.17) is 4.74 Å². The Bertz CT molecular complexity index is 477. The molecular formula is C18H28BrNO3. The van der Waals surface area contributed by atoms with E-state index >= 15 is 0 Å². The second-order valence-electron chi connectivity index (χ2n) is 8.50. The Morgan fingerprint density at radius 2 is 1.87 bits per heavy atom. The number of rotatable bonds is 6. The summed E-state index contributed by atoms with van der Waals surface area (Å²) in [4.78, 5) is 24.5. The van der Waals surface area contributed by atoms with E-state index < -0.39 is 0 Å². The Balaban J connectivity index is 1.51. The van der Waals surface area contributed by atoms with E-state index in [-0.39, 0.29) is 28.2 Å². The van der Waals surface area contributed by atoms with Crippen LogP contribution in [0.25, 0.3) is 0 Å². The molecule has 4 saturated carbocycles. The van der Waals surface area contributed by atoms with Crippen molar-refractivity contribution in [3.05, 3.63) is 0 Å². The van der Waals surface area contributed by atoms with Crippen LogP contribution in [0.15, 0.2) is 0 Å². The molecule has 130 valence electrons. The van der Waals surface area contributed by atoms with Crippen LogP contribution < -0.4 is 5.32 Å². The second kappa shape index (κ2) is 6.38. The van der Waals surface area contributed by atoms with Crippen LogP contribution in [0.5, 0.6) is 0 Å². The summed E-state index contributed by atoms with van der Waals surface area (Å²) >= 11 is 3.90. The van der Waals surface area contributed by atoms with Gasteiger partial charge in [-0.3, -0.25) is 9.59 Å². The van der Waals surface area contributed by atoms with Crippen molar-refractivity contribution in [3.8, 4) is 0 Å². The summed E-state index contributed by atoms with van der Waals surface area (Å²) in [7, 11) is 0. The second-order valence-corrected chi connectivity index (χ2v) is 10.2. The van der Waals surface area contributed by atoms with E-state index in [1.165, 1.54) is 19.3 Å². The Morgan fingerprint density at radius 1 is 1.22 bits per heavy atom. The molecule has 4 aliphatic carbocycles. The van der Waals surface area contributed by atoms with Crippen molar-refractivity contribution in [2.75, 3.05) is 13.2 Å². The number of alkyl halides is 1. The average molecular weight is 386 g/mol. The van der Waals surface area contributed by atoms with E-state index in [1.54, 1.807) is 0 Å². The van der Waals surface area contributed by atoms with Crippen LogP contribution in [0.2, 0.25) is 0 Å². The number of nitrogens with one attached hydrogen (secondary N) is 1. The molecule has 0 aromatic rings. The van der Waals surface area contributed by atoms with Gasteiger partial charge in [-0.15, -0.1) is 0 Å². The van der Waals surface area contributed by atoms with Crippen LogP contribution in [0.4, 0.5) is 0 Å². The highest BCUT2D eigenvalue weighted by molar-refractivity contribution is 9.10. The van der Waals surface area contributed by atoms with Crippen molar-refractivity contribution >= 4 is 27.8 Å². The molecule has 1 amide bonds. The molecule has 4 fully saturated rings. The molecule has 4 nitrogen and oxygen atoms in total. The third kappa shape index (κ3) is 3.75. The molecule has 23 heavy (non-hydrogen) atoms. The van der Waals surface area contributed by atoms with Crippen LogP contribution in [0, 0.1) is 23.2 Å². The quantitative estimate of drug-likeness (QED) is 0.562. The highest BCUT2D eigenvalue weighted by atomic mass is 79.9. The van der Waals surface area contributed by atoms with Crippen LogP contribution in [0.3, 0.4) is 0 Å². The zero-order valence-corrected chi connectivity index (χ0v) is 15.8. The number of esters is 1. The maximum absolute atomic E-state index is 12.7. The molecule has 0 aromatic heterocycles. The molecular weight excluding hydrogens is 358 g/mol. The monoisotopic (exact) mass is 385 g/mol. The van der Waals surface area contributed by atoms with Crippen LogP contribution in [-0.2, 0) is 14.3 Å². The van der Waals surface area contributed by atoms with Crippen molar-refractivity contribution in [2.45, 2.75) is 63.1 Å². The predicted octanol–water partition coefficient (Wildman–Crippen LogP) is 3.43. The van der Waals surface area contributed by atoms with Gasteiger partial charge in [-0.05, 0) is 62.7 Å². The zero-order chi connectivity index (χ0) is 16.7. The minimum Gasteiger partial charge on any atom is -0.455 e. The lowest BCUT2D eigenvalue weighted by Crippen LogP contribution is -2.56. The van der Waals surface area contributed by atoms with Gasteiger partial charge in [0.25, 0.3) is 5.91 Å². The van der Waals surface area contributed by atoms with E-state index in [0.717, 1.165) is 25.7 Å². The van der Waals surface area contributed by atoms with Gasteiger partial charge >= 0.3 is 5.97 Å². The molecule has 0 heterocycles. The predicted molar refractivity (Wildman–Crippen MR) is 92.2 cm³/mol. The van der Waals surface area contributed by atoms with E-state index in [9.17, 15) is 9.59 Å². The van der Waals surface area contributed by atoms with Crippen molar-refractivity contribution in [1.82, 2.24) is 5.32 Å². The number of hydrogen-bond acceptors (Lipinski definition) is 3. The molecule has 4 bridgehead atoms. The minimum absolute atomic E-state index is 0.135. The highest BCUT2D eigenvalue weighted by Gasteiger charge is 2.60. The summed E-state index contributed by atoms with van der Waals surface area (Å²) in [5.74, 6) is 1.51. The van der Waals surface area contributed by atoms with E-state index in [0.29, 0.717) is 24.3 Å². The molecule has 0 spiro atoms. The maximum Gasteiger partial charge on any atom is 0.312 e. The van der Waals surface area contributed by atoms with Crippen molar-refractivity contribution in [2.24, 2.45) is 23.2 Å². The van der Waals surface area contributed by atoms with Gasteiger partial charge in [0.05, 0.1) is 5.41 Å². The fourth-order valence-electron chi connectivity index (χ4n) is 5.23. The number of hydrogen-bond donors (Lipinski definition) is 1. The Morgan fingerprint density at radius 3 is 2.43 bits per heavy atom. The molecule has 2 atom stereocenters. The van der Waals surface area contributed by atoms with Gasteiger partial charge in [0.1, 0.15) is 0 Å². The average Bonchev–Trinajstić information content (AvgIpc) is 2.41. The summed E-state index contributed by atoms with van der Waals surface area (Å²) in [6.07, 6.45) is 7.36. The van der Waals surface area contributed by atoms with E-state index in [1.807, 2.05) is 0 Å². The van der Waals surface area contributed by atoms with Gasteiger partial charge in [0, 0.05) is 10.9 Å². The molecule has 5 heteroatoms. The summed E-state index contributed by atoms with van der Waals surface area (Å²) in [6, 6.07) is 0. The lowest BCUT2D eigenvalue weighted by Gasteiger charge is -2.58. The van der Waals surface area contributed by atoms with Crippen LogP contribution in [0.1, 0.15) is 58.8 Å². The SMILES string of the molecule is CC(C)CCNC(=O)COC(=O)C12C[C@@H]3C[C@H](CC(Br)(C3)C1)C2. The van der Waals surface area contributed by atoms with Gasteiger partial charge < -0.3 is 10.1 Å². The fourth-order valence-corrected chi connectivity index (χ4v) is 6.68. The lowest BCUT2D eigenvalue weighted by molar-refractivity contribution is -0.171. The molecule has 0 aromatic carbocycles. The summed E-state index contributed by atoms with van der Waals surface area (Å²) < 4.78 is 5.55. The first-order valence-corrected chi connectivity index (χ1v) is 9.72. The molecule has 4 aliphatic rings. The van der Waals surface area contributed by atoms with Gasteiger partial charge in [0.2, 0.25) is 0 Å². The maximum atomic E-state index is 12.7. The third-order valence-corrected chi connectivity index (χ3v) is 6.73. The smallest absolute Gasteiger partial charge is 0.312 e. The highest BCUT2D eigenvalue weighted by Crippen LogP contribution is 2.64. The minimum atomic E-state index is -0.341. The first-order valence-electron chi connectivity index (χ1n) is 8.93. The largest absolute Gasteiger partial charge is 0.455 e. The number of ether oxygens (including phenoxy) is 1. The standard InChI is InChI=1S/C18H28BrNO3/c1-12(2)3-4-20-15(21)10-23-16(22)17-6-13-5-14(7-17)9-18(19,8-13)11-17/h12-14H,3-11H2,1-2H3,(H,20,21)/t13-,14-,17?,18?/m0/s1. The summed E-state index contributed by atoms with van der Waals surface area (Å²) in [5.41, 5.74) is -0.341. The molecule has 0 aliphatic heterocycles. The molecule has 0 radical (unpaired) electrons. The molecule has 0 unspecified atom stereocenters. The summed E-state index contributed by atoms with van der Waals surface area (Å²) in [6.45, 7) is 4.75. The lowest BCUT2D eigenvalue weighted by atomic mass is 9.49. The van der Waals surface area contributed by atoms with Gasteiger partial charge in [0.15, 0.2) is 6.61 Å². The third-order valence-electron chi connectivity index (χ3n) is 5.80. The number of carbonyl (C=O) groups is 2. The van der Waals surface area contributed by atoms with Crippen LogP contribution >= 0.6 is 15.9 Å². The van der Waals surface area contributed by atoms with Gasteiger partial charge in [-0.25, -0.2) is 0 Å². The van der Waals surface area contributed by atoms with E-state index in [2.05, 4.69) is 35.1 Å². The van der Waals surface area contributed by atoms with Gasteiger partial charge in [-0.1, -0.05) is 29.8 Å². The Kier molecular flexibility index (Phi) is 4.78. The number of carbonyl (C=O) groups excluding carboxylic acids is 2. The summed E-state index contributed by atoms with van der Waals surface area (Å²) in [5, 5.41) is 2.83. The number of halogens is 1. The normalized spacial score (nSPS) is 37.9. The Hall–Kier alpha value is -0.580. The first kappa shape index (κ1) is 17.2. The van der Waals surface area contributed by atoms with Crippen LogP contribution in [-0.4, -0.2) is 29.4 Å². The van der Waals surface area contributed by atoms with Crippen molar-refractivity contribution in [1.29, 1.82) is 0 Å². The molecule has 4 rings (SSSR count). The van der Waals surface area contributed by atoms with Crippen molar-refractivity contribution in [3.63, 3.8) is 0 Å². The topological polar surface area (TPSA) is 55.4 Å². The fraction of sp³-hybridized carbons (Fsp3) is 0.889.